The van der Waals surface area contributed by atoms with Gasteiger partial charge in [0.2, 0.25) is 5.91 Å². The third-order valence-electron chi connectivity index (χ3n) is 6.23. The van der Waals surface area contributed by atoms with Gasteiger partial charge in [0.25, 0.3) is 0 Å². The zero-order valence-corrected chi connectivity index (χ0v) is 26.1. The Morgan fingerprint density at radius 3 is 1.70 bits per heavy atom. The van der Waals surface area contributed by atoms with E-state index in [4.69, 9.17) is 44.3 Å². The molecule has 14 nitrogen and oxygen atoms in total. The van der Waals surface area contributed by atoms with E-state index in [1.807, 2.05) is 17.5 Å². The highest BCUT2D eigenvalue weighted by molar-refractivity contribution is 7.15. The molecule has 1 amide bonds. The molecule has 44 heavy (non-hydrogen) atoms. The third kappa shape index (κ3) is 12.5. The number of piperazine rings is 1. The summed E-state index contributed by atoms with van der Waals surface area (Å²) in [6.45, 7) is 15.8. The minimum absolute atomic E-state index is 0.0545. The number of benzene rings is 1. The van der Waals surface area contributed by atoms with Gasteiger partial charge in [0.05, 0.1) is 13.2 Å². The number of anilines is 1. The fraction of sp³-hybridized carbons (Fsp3) is 0.448. The van der Waals surface area contributed by atoms with Crippen molar-refractivity contribution in [3.63, 3.8) is 0 Å². The molecular weight excluding hydrogens is 598 g/mol. The number of carboxylic acids is 4. The van der Waals surface area contributed by atoms with Gasteiger partial charge in [-0.15, -0.1) is 11.3 Å². The monoisotopic (exact) mass is 637 g/mol. The molecule has 0 unspecified atom stereocenters. The molecule has 0 spiro atoms. The molecule has 242 valence electrons. The second kappa shape index (κ2) is 17.7. The summed E-state index contributed by atoms with van der Waals surface area (Å²) in [6.07, 6.45) is 0. The zero-order chi connectivity index (χ0) is 33.6. The van der Waals surface area contributed by atoms with Crippen LogP contribution in [0.15, 0.2) is 29.6 Å². The van der Waals surface area contributed by atoms with Gasteiger partial charge in [0.15, 0.2) is 0 Å². The van der Waals surface area contributed by atoms with E-state index in [1.54, 1.807) is 6.92 Å². The number of thiophene rings is 1. The molecule has 2 heterocycles. The van der Waals surface area contributed by atoms with Gasteiger partial charge in [-0.3, -0.25) is 9.69 Å². The fourth-order valence-electron chi connectivity index (χ4n) is 3.85. The first-order valence-electron chi connectivity index (χ1n) is 13.6. The lowest BCUT2D eigenvalue weighted by Crippen LogP contribution is -2.48. The molecule has 3 rings (SSSR count). The van der Waals surface area contributed by atoms with E-state index < -0.39 is 29.8 Å². The van der Waals surface area contributed by atoms with Crippen LogP contribution in [0.3, 0.4) is 0 Å². The van der Waals surface area contributed by atoms with Gasteiger partial charge in [0.1, 0.15) is 10.6 Å². The second-order valence-electron chi connectivity index (χ2n) is 10.4. The largest absolute Gasteiger partial charge is 0.473 e. The highest BCUT2D eigenvalue weighted by Crippen LogP contribution is 2.37. The number of esters is 1. The van der Waals surface area contributed by atoms with E-state index >= 15 is 0 Å². The van der Waals surface area contributed by atoms with Crippen molar-refractivity contribution in [3.8, 4) is 11.1 Å². The third-order valence-corrected chi connectivity index (χ3v) is 7.13. The molecule has 1 saturated heterocycles. The first-order valence-corrected chi connectivity index (χ1v) is 14.5. The maximum Gasteiger partial charge on any atom is 0.414 e. The van der Waals surface area contributed by atoms with Gasteiger partial charge in [-0.05, 0) is 30.0 Å². The minimum Gasteiger partial charge on any atom is -0.473 e. The van der Waals surface area contributed by atoms with Gasteiger partial charge in [0, 0.05) is 37.1 Å². The van der Waals surface area contributed by atoms with E-state index in [9.17, 15) is 9.59 Å². The number of carbonyl (C=O) groups is 6. The molecule has 1 aromatic heterocycles. The molecular formula is C29H39N3O11S. The molecule has 0 saturated carbocycles. The van der Waals surface area contributed by atoms with Crippen molar-refractivity contribution in [2.75, 3.05) is 51.2 Å². The highest BCUT2D eigenvalue weighted by Gasteiger charge is 2.25. The SMILES string of the molecule is CCOC(=O)c1c(-c2ccc(C(C)(C)C)cc2)csc1NC(=O)CN1CCN(CC)CC1.O=C(O)C(=O)O.O=C(O)C(=O)O. The summed E-state index contributed by atoms with van der Waals surface area (Å²) in [4.78, 5) is 66.5. The Hall–Kier alpha value is -4.34. The predicted octanol–water partition coefficient (Wildman–Crippen LogP) is 2.78. The predicted molar refractivity (Wildman–Crippen MR) is 162 cm³/mol. The maximum atomic E-state index is 12.8. The molecule has 1 aromatic carbocycles. The van der Waals surface area contributed by atoms with E-state index in [0.29, 0.717) is 17.1 Å². The van der Waals surface area contributed by atoms with Crippen LogP contribution in [0.5, 0.6) is 0 Å². The number of nitrogens with one attached hydrogen (secondary N) is 1. The number of carbonyl (C=O) groups excluding carboxylic acids is 2. The van der Waals surface area contributed by atoms with Gasteiger partial charge >= 0.3 is 29.8 Å². The molecule has 1 fully saturated rings. The number of carboxylic acid groups (broad SMARTS) is 4. The number of amides is 1. The minimum atomic E-state index is -1.82. The number of likely N-dealkylation sites (N-methyl/N-ethyl adjacent to an activating group) is 1. The smallest absolute Gasteiger partial charge is 0.414 e. The van der Waals surface area contributed by atoms with E-state index in [0.717, 1.165) is 43.9 Å². The normalized spacial score (nSPS) is 13.3. The Bertz CT molecular complexity index is 1260. The molecule has 15 heteroatoms. The molecule has 1 aliphatic rings. The van der Waals surface area contributed by atoms with Crippen LogP contribution in [-0.4, -0.2) is 112 Å². The van der Waals surface area contributed by atoms with Gasteiger partial charge in [-0.25, -0.2) is 24.0 Å². The van der Waals surface area contributed by atoms with Crippen molar-refractivity contribution in [2.24, 2.45) is 0 Å². The number of ether oxygens (including phenoxy) is 1. The van der Waals surface area contributed by atoms with Gasteiger partial charge in [-0.1, -0.05) is 52.0 Å². The van der Waals surface area contributed by atoms with E-state index in [-0.39, 0.29) is 17.9 Å². The number of aliphatic carboxylic acids is 4. The summed E-state index contributed by atoms with van der Waals surface area (Å²) in [7, 11) is 0. The second-order valence-corrected chi connectivity index (χ2v) is 11.3. The first-order chi connectivity index (χ1) is 20.5. The van der Waals surface area contributed by atoms with E-state index in [2.05, 4.69) is 54.9 Å². The molecule has 0 radical (unpaired) electrons. The van der Waals surface area contributed by atoms with Crippen LogP contribution in [0.1, 0.15) is 50.5 Å². The Balaban J connectivity index is 0.000000681. The lowest BCUT2D eigenvalue weighted by atomic mass is 9.86. The summed E-state index contributed by atoms with van der Waals surface area (Å²) in [5.74, 6) is -7.80. The van der Waals surface area contributed by atoms with Crippen LogP contribution in [-0.2, 0) is 34.1 Å². The number of hydrogen-bond donors (Lipinski definition) is 5. The van der Waals surface area contributed by atoms with Crippen LogP contribution in [0.4, 0.5) is 5.00 Å². The van der Waals surface area contributed by atoms with Crippen LogP contribution >= 0.6 is 11.3 Å². The Kier molecular flexibility index (Phi) is 15.2. The number of nitrogens with zero attached hydrogens (tertiary/aromatic N) is 2. The van der Waals surface area contributed by atoms with Gasteiger partial charge in [-0.2, -0.15) is 0 Å². The van der Waals surface area contributed by atoms with Crippen LogP contribution in [0.2, 0.25) is 0 Å². The fourth-order valence-corrected chi connectivity index (χ4v) is 4.82. The maximum absolute atomic E-state index is 12.8. The topological polar surface area (TPSA) is 211 Å². The molecule has 0 aliphatic carbocycles. The van der Waals surface area contributed by atoms with Crippen molar-refractivity contribution in [1.82, 2.24) is 9.80 Å². The van der Waals surface area contributed by atoms with Gasteiger partial charge < -0.3 is 35.4 Å². The number of rotatable bonds is 7. The lowest BCUT2D eigenvalue weighted by molar-refractivity contribution is -0.159. The summed E-state index contributed by atoms with van der Waals surface area (Å²) >= 11 is 1.37. The molecule has 1 aliphatic heterocycles. The Morgan fingerprint density at radius 1 is 0.818 bits per heavy atom. The summed E-state index contributed by atoms with van der Waals surface area (Å²) < 4.78 is 5.32. The van der Waals surface area contributed by atoms with Crippen molar-refractivity contribution in [3.05, 3.63) is 40.8 Å². The van der Waals surface area contributed by atoms with Crippen LogP contribution in [0, 0.1) is 0 Å². The Labute approximate surface area is 258 Å². The molecule has 0 atom stereocenters. The molecule has 5 N–H and O–H groups in total. The first kappa shape index (κ1) is 37.7. The number of hydrogen-bond acceptors (Lipinski definition) is 10. The standard InChI is InChI=1S/C25H35N3O3S.2C2H2O4/c1-6-27-12-14-28(15-13-27)16-21(29)26-23-22(24(30)31-7-2)20(17-32-23)18-8-10-19(11-9-18)25(3,4)5;2*3-1(4)2(5)6/h8-11,17H,6-7,12-16H2,1-5H3,(H,26,29);2*(H,3,4)(H,5,6). The van der Waals surface area contributed by atoms with Crippen molar-refractivity contribution < 1.29 is 53.9 Å². The van der Waals surface area contributed by atoms with Crippen LogP contribution < -0.4 is 5.32 Å². The Morgan fingerprint density at radius 2 is 1.30 bits per heavy atom. The summed E-state index contributed by atoms with van der Waals surface area (Å²) in [5.41, 5.74) is 3.45. The summed E-state index contributed by atoms with van der Waals surface area (Å²) in [5, 5.41) is 35.0. The lowest BCUT2D eigenvalue weighted by Gasteiger charge is -2.33. The van der Waals surface area contributed by atoms with Crippen molar-refractivity contribution in [1.29, 1.82) is 0 Å². The summed E-state index contributed by atoms with van der Waals surface area (Å²) in [6, 6.07) is 8.25. The average molecular weight is 638 g/mol. The van der Waals surface area contributed by atoms with Crippen molar-refractivity contribution in [2.45, 2.75) is 40.0 Å². The highest BCUT2D eigenvalue weighted by atomic mass is 32.1. The average Bonchev–Trinajstić information content (AvgIpc) is 3.37. The quantitative estimate of drug-likeness (QED) is 0.219. The molecule has 0 bridgehead atoms. The van der Waals surface area contributed by atoms with Crippen LogP contribution in [0.25, 0.3) is 11.1 Å². The molecule has 2 aromatic rings. The zero-order valence-electron chi connectivity index (χ0n) is 25.3. The van der Waals surface area contributed by atoms with Crippen molar-refractivity contribution >= 4 is 52.1 Å². The van der Waals surface area contributed by atoms with E-state index in [1.165, 1.54) is 16.9 Å².